The van der Waals surface area contributed by atoms with Crippen LogP contribution < -0.4 is 0 Å². The molecule has 0 aliphatic carbocycles. The molecule has 0 saturated heterocycles. The minimum absolute atomic E-state index is 0.112. The third-order valence-corrected chi connectivity index (χ3v) is 4.78. The zero-order valence-corrected chi connectivity index (χ0v) is 17.2. The fourth-order valence-electron chi connectivity index (χ4n) is 2.02. The van der Waals surface area contributed by atoms with Crippen LogP contribution in [-0.2, 0) is 18.3 Å². The molecule has 5 heteroatoms. The second-order valence-electron chi connectivity index (χ2n) is 5.97. The van der Waals surface area contributed by atoms with Gasteiger partial charge in [-0.1, -0.05) is 0 Å². The van der Waals surface area contributed by atoms with Crippen LogP contribution in [0.3, 0.4) is 0 Å². The molecule has 21 heavy (non-hydrogen) atoms. The maximum absolute atomic E-state index is 11.7. The van der Waals surface area contributed by atoms with E-state index in [0.29, 0.717) is 0 Å². The first kappa shape index (κ1) is 18.1. The van der Waals surface area contributed by atoms with Gasteiger partial charge in [-0.25, -0.2) is 0 Å². The summed E-state index contributed by atoms with van der Waals surface area (Å²) in [5, 5.41) is 9.39. The van der Waals surface area contributed by atoms with Gasteiger partial charge in [-0.05, 0) is 0 Å². The van der Waals surface area contributed by atoms with Gasteiger partial charge in [0.15, 0.2) is 0 Å². The molecule has 1 N–H and O–H groups in total. The number of carboxylic acids is 1. The molecule has 0 spiro atoms. The van der Waals surface area contributed by atoms with Crippen molar-refractivity contribution in [3.05, 3.63) is 35.4 Å². The number of esters is 1. The van der Waals surface area contributed by atoms with Gasteiger partial charge in [0.05, 0.1) is 0 Å². The third kappa shape index (κ3) is 6.58. The molecule has 1 unspecified atom stereocenters. The summed E-state index contributed by atoms with van der Waals surface area (Å²) < 4.78 is 6.24. The fraction of sp³-hybridized carbons (Fsp3) is 0.500. The molecule has 1 rings (SSSR count). The summed E-state index contributed by atoms with van der Waals surface area (Å²) in [7, 11) is 0. The average molecular weight is 482 g/mol. The Bertz CT molecular complexity index is 505. The van der Waals surface area contributed by atoms with E-state index >= 15 is 0 Å². The molecule has 0 saturated carbocycles. The molecule has 0 amide bonds. The fourth-order valence-corrected chi connectivity index (χ4v) is 3.01. The van der Waals surface area contributed by atoms with Gasteiger partial charge in [-0.3, -0.25) is 0 Å². The van der Waals surface area contributed by atoms with Gasteiger partial charge in [0, 0.05) is 0 Å². The quantitative estimate of drug-likeness (QED) is 0.501. The Labute approximate surface area is 141 Å². The second kappa shape index (κ2) is 7.91. The van der Waals surface area contributed by atoms with E-state index in [9.17, 15) is 14.7 Å². The van der Waals surface area contributed by atoms with E-state index in [1.54, 1.807) is 20.8 Å². The Balaban J connectivity index is 2.74. The molecule has 112 valence electrons. The van der Waals surface area contributed by atoms with Crippen LogP contribution in [0.25, 0.3) is 0 Å². The SMILES string of the molecule is CC(C)(C)OC(=O)CCC(C(=O)O)c1cccc([CH2][Tl])c1. The number of carboxylic acid groups (broad SMARTS) is 1. The van der Waals surface area contributed by atoms with Crippen molar-refractivity contribution >= 4 is 37.7 Å². The monoisotopic (exact) mass is 482 g/mol. The topological polar surface area (TPSA) is 63.6 Å². The number of carbonyl (C=O) groups excluding carboxylic acids is 1. The van der Waals surface area contributed by atoms with Gasteiger partial charge in [-0.15, -0.1) is 0 Å². The standard InChI is InChI=1S/C16H21O4.Tl/c1-11-6-5-7-12(10-11)13(15(18)19)8-9-14(17)20-16(2,3)4;/h5-7,10,13H,1,8-9H2,2-4H3,(H,18,19);. The van der Waals surface area contributed by atoms with Gasteiger partial charge in [0.1, 0.15) is 0 Å². The molecule has 0 aliphatic heterocycles. The van der Waals surface area contributed by atoms with Crippen molar-refractivity contribution in [2.24, 2.45) is 0 Å². The van der Waals surface area contributed by atoms with E-state index in [1.165, 1.54) is 5.56 Å². The summed E-state index contributed by atoms with van der Waals surface area (Å²) in [6.07, 6.45) is 0.373. The first-order valence-corrected chi connectivity index (χ1v) is 10.1. The molecular formula is C16H21O4Tl. The predicted octanol–water partition coefficient (Wildman–Crippen LogP) is 2.65. The number of hydrogen-bond acceptors (Lipinski definition) is 3. The number of benzene rings is 1. The third-order valence-electron chi connectivity index (χ3n) is 2.94. The van der Waals surface area contributed by atoms with Crippen LogP contribution in [0.2, 0.25) is 0 Å². The van der Waals surface area contributed by atoms with E-state index in [-0.39, 0.29) is 18.8 Å². The Morgan fingerprint density at radius 2 is 2.00 bits per heavy atom. The Morgan fingerprint density at radius 1 is 1.33 bits per heavy atom. The predicted molar refractivity (Wildman–Crippen MR) is 81.4 cm³/mol. The van der Waals surface area contributed by atoms with Crippen LogP contribution >= 0.6 is 0 Å². The molecular weight excluding hydrogens is 461 g/mol. The molecule has 0 aliphatic rings. The maximum atomic E-state index is 11.7. The Hall–Kier alpha value is -0.918. The van der Waals surface area contributed by atoms with Crippen molar-refractivity contribution in [1.82, 2.24) is 0 Å². The first-order chi connectivity index (χ1) is 9.73. The minimum atomic E-state index is -0.897. The van der Waals surface area contributed by atoms with Crippen LogP contribution in [0.15, 0.2) is 24.3 Å². The van der Waals surface area contributed by atoms with Crippen molar-refractivity contribution in [2.45, 2.75) is 49.1 Å². The van der Waals surface area contributed by atoms with Crippen LogP contribution in [0.5, 0.6) is 0 Å². The Morgan fingerprint density at radius 3 is 2.52 bits per heavy atom. The van der Waals surface area contributed by atoms with Crippen molar-refractivity contribution in [2.75, 3.05) is 0 Å². The molecule has 1 aromatic rings. The molecule has 0 aromatic heterocycles. The van der Waals surface area contributed by atoms with E-state index in [1.807, 2.05) is 24.3 Å². The number of ether oxygens (including phenoxy) is 1. The molecule has 4 nitrogen and oxygen atoms in total. The van der Waals surface area contributed by atoms with Gasteiger partial charge < -0.3 is 0 Å². The van der Waals surface area contributed by atoms with Crippen LogP contribution in [0.4, 0.5) is 0 Å². The number of carbonyl (C=O) groups is 2. The number of hydrogen-bond donors (Lipinski definition) is 1. The van der Waals surface area contributed by atoms with E-state index in [4.69, 9.17) is 4.74 Å². The zero-order valence-electron chi connectivity index (χ0n) is 12.8. The van der Waals surface area contributed by atoms with Crippen molar-refractivity contribution < 1.29 is 19.4 Å². The number of rotatable bonds is 6. The van der Waals surface area contributed by atoms with Crippen molar-refractivity contribution in [3.8, 4) is 0 Å². The van der Waals surface area contributed by atoms with Gasteiger partial charge in [0.2, 0.25) is 0 Å². The molecule has 0 heterocycles. The summed E-state index contributed by atoms with van der Waals surface area (Å²) in [6, 6.07) is 7.65. The summed E-state index contributed by atoms with van der Waals surface area (Å²) in [6.45, 7) is 5.40. The molecule has 0 bridgehead atoms. The molecule has 0 radical (unpaired) electrons. The molecule has 1 atom stereocenters. The van der Waals surface area contributed by atoms with Gasteiger partial charge in [0.25, 0.3) is 0 Å². The van der Waals surface area contributed by atoms with Gasteiger partial charge in [-0.2, -0.15) is 0 Å². The second-order valence-corrected chi connectivity index (χ2v) is 7.55. The van der Waals surface area contributed by atoms with Crippen LogP contribution in [0, 0.1) is 0 Å². The molecule has 1 aromatic carbocycles. The summed E-state index contributed by atoms with van der Waals surface area (Å²) in [5.74, 6) is -1.91. The summed E-state index contributed by atoms with van der Waals surface area (Å²) in [4.78, 5) is 23.2. The van der Waals surface area contributed by atoms with Crippen LogP contribution in [-0.4, -0.2) is 48.4 Å². The van der Waals surface area contributed by atoms with Crippen molar-refractivity contribution in [3.63, 3.8) is 0 Å². The first-order valence-electron chi connectivity index (χ1n) is 6.96. The van der Waals surface area contributed by atoms with Crippen LogP contribution in [0.1, 0.15) is 50.7 Å². The van der Waals surface area contributed by atoms with E-state index in [2.05, 4.69) is 0 Å². The number of aliphatic carboxylic acids is 1. The zero-order chi connectivity index (χ0) is 16.0. The van der Waals surface area contributed by atoms with Crippen molar-refractivity contribution in [1.29, 1.82) is 0 Å². The average Bonchev–Trinajstić information content (AvgIpc) is 2.36. The van der Waals surface area contributed by atoms with E-state index in [0.717, 1.165) is 35.3 Å². The summed E-state index contributed by atoms with van der Waals surface area (Å²) in [5.41, 5.74) is 1.40. The summed E-state index contributed by atoms with van der Waals surface area (Å²) >= 11 is 0.843. The van der Waals surface area contributed by atoms with E-state index < -0.39 is 17.5 Å². The Kier molecular flexibility index (Phi) is 6.83. The normalized spacial score (nSPS) is 12.7. The molecule has 0 fully saturated rings. The van der Waals surface area contributed by atoms with Gasteiger partial charge >= 0.3 is 142 Å².